The van der Waals surface area contributed by atoms with Crippen LogP contribution in [0.1, 0.15) is 44.4 Å². The molecule has 0 aliphatic carbocycles. The normalized spacial score (nSPS) is 12.6. The van der Waals surface area contributed by atoms with Crippen molar-refractivity contribution in [2.24, 2.45) is 0 Å². The van der Waals surface area contributed by atoms with Crippen molar-refractivity contribution >= 4 is 11.6 Å². The molecule has 1 N–H and O–H groups in total. The molecule has 2 aromatic rings. The van der Waals surface area contributed by atoms with Gasteiger partial charge in [0.25, 0.3) is 5.91 Å². The van der Waals surface area contributed by atoms with Crippen LogP contribution in [0.5, 0.6) is 5.75 Å². The molecule has 3 heteroatoms. The third-order valence-corrected chi connectivity index (χ3v) is 4.04. The minimum Gasteiger partial charge on any atom is -0.481 e. The zero-order valence-corrected chi connectivity index (χ0v) is 15.4. The quantitative estimate of drug-likeness (QED) is 0.858. The van der Waals surface area contributed by atoms with Crippen LogP contribution in [0.4, 0.5) is 5.69 Å². The summed E-state index contributed by atoms with van der Waals surface area (Å²) in [5.41, 5.74) is 4.25. The molecule has 1 amide bonds. The van der Waals surface area contributed by atoms with Crippen molar-refractivity contribution in [3.05, 3.63) is 59.2 Å². The molecule has 0 bridgehead atoms. The smallest absolute Gasteiger partial charge is 0.265 e. The Labute approximate surface area is 145 Å². The van der Waals surface area contributed by atoms with E-state index in [1.807, 2.05) is 56.3 Å². The third-order valence-electron chi connectivity index (χ3n) is 4.04. The molecular weight excluding hydrogens is 298 g/mol. The fourth-order valence-corrected chi connectivity index (χ4v) is 2.38. The number of anilines is 1. The maximum absolute atomic E-state index is 12.4. The van der Waals surface area contributed by atoms with E-state index < -0.39 is 6.10 Å². The van der Waals surface area contributed by atoms with E-state index in [1.165, 1.54) is 5.56 Å². The van der Waals surface area contributed by atoms with Crippen LogP contribution in [0.15, 0.2) is 42.5 Å². The molecule has 128 valence electrons. The number of benzene rings is 2. The predicted molar refractivity (Wildman–Crippen MR) is 99.8 cm³/mol. The van der Waals surface area contributed by atoms with Gasteiger partial charge in [-0.05, 0) is 61.1 Å². The SMILES string of the molecule is Cc1ccc(C)c(OC(C)C(=O)Nc2ccc(C(C)(C)C)cc2)c1. The van der Waals surface area contributed by atoms with Gasteiger partial charge in [0, 0.05) is 5.69 Å². The Kier molecular flexibility index (Phi) is 5.33. The third kappa shape index (κ3) is 4.60. The van der Waals surface area contributed by atoms with Crippen LogP contribution in [0, 0.1) is 13.8 Å². The number of nitrogens with one attached hydrogen (secondary N) is 1. The van der Waals surface area contributed by atoms with E-state index in [0.717, 1.165) is 22.6 Å². The predicted octanol–water partition coefficient (Wildman–Crippen LogP) is 5.01. The molecule has 1 atom stereocenters. The highest BCUT2D eigenvalue weighted by molar-refractivity contribution is 5.94. The van der Waals surface area contributed by atoms with Gasteiger partial charge >= 0.3 is 0 Å². The number of hydrogen-bond acceptors (Lipinski definition) is 2. The summed E-state index contributed by atoms with van der Waals surface area (Å²) in [7, 11) is 0. The maximum atomic E-state index is 12.4. The molecule has 0 heterocycles. The lowest BCUT2D eigenvalue weighted by atomic mass is 9.87. The average molecular weight is 325 g/mol. The van der Waals surface area contributed by atoms with E-state index in [9.17, 15) is 4.79 Å². The van der Waals surface area contributed by atoms with Crippen LogP contribution < -0.4 is 10.1 Å². The van der Waals surface area contributed by atoms with Crippen LogP contribution >= 0.6 is 0 Å². The van der Waals surface area contributed by atoms with Crippen LogP contribution in [0.25, 0.3) is 0 Å². The zero-order chi connectivity index (χ0) is 17.9. The van der Waals surface area contributed by atoms with Gasteiger partial charge in [-0.3, -0.25) is 4.79 Å². The average Bonchev–Trinajstić information content (AvgIpc) is 2.50. The van der Waals surface area contributed by atoms with Crippen molar-refractivity contribution in [3.8, 4) is 5.75 Å². The van der Waals surface area contributed by atoms with Crippen molar-refractivity contribution in [2.75, 3.05) is 5.32 Å². The number of rotatable bonds is 4. The van der Waals surface area contributed by atoms with Crippen molar-refractivity contribution in [2.45, 2.75) is 53.1 Å². The lowest BCUT2D eigenvalue weighted by molar-refractivity contribution is -0.122. The highest BCUT2D eigenvalue weighted by Gasteiger charge is 2.17. The summed E-state index contributed by atoms with van der Waals surface area (Å²) in [6, 6.07) is 13.9. The van der Waals surface area contributed by atoms with Gasteiger partial charge in [0.1, 0.15) is 5.75 Å². The molecule has 0 aromatic heterocycles. The minimum absolute atomic E-state index is 0.0988. The Morgan fingerprint density at radius 3 is 2.25 bits per heavy atom. The van der Waals surface area contributed by atoms with E-state index in [2.05, 4.69) is 26.1 Å². The van der Waals surface area contributed by atoms with Crippen LogP contribution in [-0.4, -0.2) is 12.0 Å². The summed E-state index contributed by atoms with van der Waals surface area (Å²) in [6.07, 6.45) is -0.562. The van der Waals surface area contributed by atoms with Gasteiger partial charge in [-0.25, -0.2) is 0 Å². The van der Waals surface area contributed by atoms with Gasteiger partial charge in [0.05, 0.1) is 0 Å². The number of ether oxygens (including phenoxy) is 1. The second-order valence-corrected chi connectivity index (χ2v) is 7.35. The molecule has 24 heavy (non-hydrogen) atoms. The van der Waals surface area contributed by atoms with E-state index in [0.29, 0.717) is 0 Å². The Morgan fingerprint density at radius 2 is 1.67 bits per heavy atom. The van der Waals surface area contributed by atoms with Gasteiger partial charge < -0.3 is 10.1 Å². The maximum Gasteiger partial charge on any atom is 0.265 e. The molecular formula is C21H27NO2. The van der Waals surface area contributed by atoms with Gasteiger partial charge in [-0.15, -0.1) is 0 Å². The summed E-state index contributed by atoms with van der Waals surface area (Å²) in [6.45, 7) is 12.3. The summed E-state index contributed by atoms with van der Waals surface area (Å²) < 4.78 is 5.83. The van der Waals surface area contributed by atoms with E-state index in [1.54, 1.807) is 6.92 Å². The van der Waals surface area contributed by atoms with E-state index >= 15 is 0 Å². The van der Waals surface area contributed by atoms with Crippen LogP contribution in [0.2, 0.25) is 0 Å². The summed E-state index contributed by atoms with van der Waals surface area (Å²) in [5.74, 6) is 0.597. The monoisotopic (exact) mass is 325 g/mol. The molecule has 0 aliphatic heterocycles. The summed E-state index contributed by atoms with van der Waals surface area (Å²) in [4.78, 5) is 12.4. The number of amides is 1. The molecule has 2 rings (SSSR count). The molecule has 0 radical (unpaired) electrons. The lowest BCUT2D eigenvalue weighted by Gasteiger charge is -2.20. The standard InChI is InChI=1S/C21H27NO2/c1-14-7-8-15(2)19(13-14)24-16(3)20(23)22-18-11-9-17(10-12-18)21(4,5)6/h7-13,16H,1-6H3,(H,22,23). The Bertz CT molecular complexity index is 712. The highest BCUT2D eigenvalue weighted by Crippen LogP contribution is 2.24. The van der Waals surface area contributed by atoms with Crippen molar-refractivity contribution in [1.29, 1.82) is 0 Å². The van der Waals surface area contributed by atoms with Gasteiger partial charge in [0.15, 0.2) is 6.10 Å². The summed E-state index contributed by atoms with van der Waals surface area (Å²) >= 11 is 0. The van der Waals surface area contributed by atoms with Crippen LogP contribution in [-0.2, 0) is 10.2 Å². The first-order chi connectivity index (χ1) is 11.2. The molecule has 1 unspecified atom stereocenters. The Balaban J connectivity index is 2.02. The Morgan fingerprint density at radius 1 is 1.04 bits per heavy atom. The minimum atomic E-state index is -0.562. The van der Waals surface area contributed by atoms with E-state index in [4.69, 9.17) is 4.74 Å². The second-order valence-electron chi connectivity index (χ2n) is 7.35. The topological polar surface area (TPSA) is 38.3 Å². The van der Waals surface area contributed by atoms with Crippen molar-refractivity contribution in [1.82, 2.24) is 0 Å². The van der Waals surface area contributed by atoms with Gasteiger partial charge in [0.2, 0.25) is 0 Å². The Hall–Kier alpha value is -2.29. The highest BCUT2D eigenvalue weighted by atomic mass is 16.5. The number of carbonyl (C=O) groups excluding carboxylic acids is 1. The molecule has 2 aromatic carbocycles. The number of hydrogen-bond donors (Lipinski definition) is 1. The molecule has 0 aliphatic rings. The number of carbonyl (C=O) groups is 1. The largest absolute Gasteiger partial charge is 0.481 e. The zero-order valence-electron chi connectivity index (χ0n) is 15.4. The molecule has 0 fully saturated rings. The first kappa shape index (κ1) is 18.1. The van der Waals surface area contributed by atoms with Gasteiger partial charge in [-0.1, -0.05) is 45.0 Å². The van der Waals surface area contributed by atoms with E-state index in [-0.39, 0.29) is 11.3 Å². The first-order valence-corrected chi connectivity index (χ1v) is 8.32. The van der Waals surface area contributed by atoms with Crippen molar-refractivity contribution < 1.29 is 9.53 Å². The molecule has 3 nitrogen and oxygen atoms in total. The number of aryl methyl sites for hydroxylation is 2. The second kappa shape index (κ2) is 7.08. The summed E-state index contributed by atoms with van der Waals surface area (Å²) in [5, 5.41) is 2.91. The molecule has 0 spiro atoms. The van der Waals surface area contributed by atoms with Crippen molar-refractivity contribution in [3.63, 3.8) is 0 Å². The molecule has 0 saturated heterocycles. The van der Waals surface area contributed by atoms with Crippen LogP contribution in [0.3, 0.4) is 0 Å². The fraction of sp³-hybridized carbons (Fsp3) is 0.381. The lowest BCUT2D eigenvalue weighted by Crippen LogP contribution is -2.30. The first-order valence-electron chi connectivity index (χ1n) is 8.32. The fourth-order valence-electron chi connectivity index (χ4n) is 2.38. The van der Waals surface area contributed by atoms with Gasteiger partial charge in [-0.2, -0.15) is 0 Å². The molecule has 0 saturated carbocycles.